The van der Waals surface area contributed by atoms with Gasteiger partial charge >= 0.3 is 6.09 Å². The fourth-order valence-corrected chi connectivity index (χ4v) is 3.94. The summed E-state index contributed by atoms with van der Waals surface area (Å²) in [5.74, 6) is 0. The summed E-state index contributed by atoms with van der Waals surface area (Å²) in [6.45, 7) is 13.7. The number of rotatable bonds is 7. The first-order chi connectivity index (χ1) is 14.5. The molecule has 1 aromatic carbocycles. The van der Waals surface area contributed by atoms with E-state index in [-0.39, 0.29) is 0 Å². The van der Waals surface area contributed by atoms with Gasteiger partial charge in [-0.2, -0.15) is 0 Å². The average molecular weight is 440 g/mol. The molecule has 0 atom stereocenters. The maximum absolute atomic E-state index is 12.4. The number of hydrogen-bond donors (Lipinski definition) is 1. The second-order valence-corrected chi connectivity index (χ2v) is 15.5. The zero-order chi connectivity index (χ0) is 22.6. The molecule has 0 radical (unpaired) electrons. The SMILES string of the molecule is CC(C)(C)OC(=O)Nc1ccnc2c1cc(-c1ccccc1)n2COCC[Si](C)(C)C. The lowest BCUT2D eigenvalue weighted by atomic mass is 10.1. The van der Waals surface area contributed by atoms with Crippen molar-refractivity contribution < 1.29 is 14.3 Å². The third-order valence-electron chi connectivity index (χ3n) is 4.72. The summed E-state index contributed by atoms with van der Waals surface area (Å²) in [7, 11) is -1.17. The summed E-state index contributed by atoms with van der Waals surface area (Å²) in [6.07, 6.45) is 1.21. The number of nitrogens with one attached hydrogen (secondary N) is 1. The lowest BCUT2D eigenvalue weighted by Crippen LogP contribution is -2.27. The van der Waals surface area contributed by atoms with Crippen LogP contribution in [0.5, 0.6) is 0 Å². The summed E-state index contributed by atoms with van der Waals surface area (Å²) in [6, 6.07) is 15.1. The topological polar surface area (TPSA) is 65.4 Å². The van der Waals surface area contributed by atoms with Crippen LogP contribution in [0.1, 0.15) is 20.8 Å². The van der Waals surface area contributed by atoms with Crippen LogP contribution in [0.25, 0.3) is 22.3 Å². The number of carbonyl (C=O) groups excluding carboxylic acids is 1. The first-order valence-electron chi connectivity index (χ1n) is 10.6. The van der Waals surface area contributed by atoms with Gasteiger partial charge in [-0.15, -0.1) is 0 Å². The molecular weight excluding hydrogens is 406 g/mol. The van der Waals surface area contributed by atoms with E-state index in [4.69, 9.17) is 9.47 Å². The Morgan fingerprint density at radius 3 is 2.48 bits per heavy atom. The van der Waals surface area contributed by atoms with Crippen molar-refractivity contribution in [2.75, 3.05) is 11.9 Å². The normalized spacial score (nSPS) is 12.2. The minimum Gasteiger partial charge on any atom is -0.444 e. The number of hydrogen-bond acceptors (Lipinski definition) is 4. The van der Waals surface area contributed by atoms with Crippen molar-refractivity contribution in [2.45, 2.75) is 58.8 Å². The van der Waals surface area contributed by atoms with Crippen molar-refractivity contribution in [3.05, 3.63) is 48.7 Å². The Hall–Kier alpha value is -2.64. The van der Waals surface area contributed by atoms with E-state index < -0.39 is 19.8 Å². The van der Waals surface area contributed by atoms with Crippen LogP contribution in [0.15, 0.2) is 48.7 Å². The zero-order valence-electron chi connectivity index (χ0n) is 19.4. The molecule has 3 rings (SSSR count). The van der Waals surface area contributed by atoms with E-state index in [1.165, 1.54) is 0 Å². The molecule has 0 saturated carbocycles. The van der Waals surface area contributed by atoms with Gasteiger partial charge in [0.25, 0.3) is 0 Å². The Labute approximate surface area is 185 Å². The highest BCUT2D eigenvalue weighted by Gasteiger charge is 2.20. The van der Waals surface area contributed by atoms with Gasteiger partial charge in [0.05, 0.1) is 11.4 Å². The summed E-state index contributed by atoms with van der Waals surface area (Å²) >= 11 is 0. The Morgan fingerprint density at radius 2 is 1.84 bits per heavy atom. The molecule has 1 N–H and O–H groups in total. The molecule has 6 nitrogen and oxygen atoms in total. The Morgan fingerprint density at radius 1 is 1.13 bits per heavy atom. The first kappa shape index (κ1) is 23.0. The van der Waals surface area contributed by atoms with Crippen LogP contribution < -0.4 is 5.32 Å². The molecule has 0 unspecified atom stereocenters. The van der Waals surface area contributed by atoms with E-state index in [9.17, 15) is 4.79 Å². The Bertz CT molecular complexity index is 1030. The van der Waals surface area contributed by atoms with Crippen LogP contribution in [0.4, 0.5) is 10.5 Å². The molecule has 1 amide bonds. The summed E-state index contributed by atoms with van der Waals surface area (Å²) in [4.78, 5) is 17.0. The van der Waals surface area contributed by atoms with Crippen molar-refractivity contribution in [3.8, 4) is 11.3 Å². The Kier molecular flexibility index (Phi) is 6.86. The molecule has 0 aliphatic rings. The van der Waals surface area contributed by atoms with Crippen molar-refractivity contribution in [3.63, 3.8) is 0 Å². The van der Waals surface area contributed by atoms with Gasteiger partial charge < -0.3 is 14.0 Å². The van der Waals surface area contributed by atoms with Gasteiger partial charge in [0.2, 0.25) is 0 Å². The number of pyridine rings is 1. The molecule has 31 heavy (non-hydrogen) atoms. The minimum absolute atomic E-state index is 0.404. The maximum Gasteiger partial charge on any atom is 0.412 e. The molecule has 2 aromatic heterocycles. The maximum atomic E-state index is 12.4. The molecule has 0 aliphatic heterocycles. The van der Waals surface area contributed by atoms with Gasteiger partial charge in [0, 0.05) is 26.3 Å². The number of anilines is 1. The van der Waals surface area contributed by atoms with Crippen molar-refractivity contribution in [1.82, 2.24) is 9.55 Å². The number of aromatic nitrogens is 2. The molecule has 0 fully saturated rings. The van der Waals surface area contributed by atoms with E-state index in [1.54, 1.807) is 12.3 Å². The molecular formula is C24H33N3O3Si. The fourth-order valence-electron chi connectivity index (χ4n) is 3.18. The smallest absolute Gasteiger partial charge is 0.412 e. The predicted molar refractivity (Wildman–Crippen MR) is 129 cm³/mol. The number of carbonyl (C=O) groups is 1. The van der Waals surface area contributed by atoms with Crippen LogP contribution in [0.3, 0.4) is 0 Å². The quantitative estimate of drug-likeness (QED) is 0.343. The van der Waals surface area contributed by atoms with Gasteiger partial charge in [0.15, 0.2) is 0 Å². The van der Waals surface area contributed by atoms with Crippen molar-refractivity contribution >= 4 is 30.9 Å². The van der Waals surface area contributed by atoms with Gasteiger partial charge in [-0.05, 0) is 44.5 Å². The molecule has 0 bridgehead atoms. The lowest BCUT2D eigenvalue weighted by molar-refractivity contribution is 0.0636. The van der Waals surface area contributed by atoms with Crippen LogP contribution in [0.2, 0.25) is 25.7 Å². The molecule has 3 aromatic rings. The highest BCUT2D eigenvalue weighted by atomic mass is 28.3. The van der Waals surface area contributed by atoms with Crippen molar-refractivity contribution in [2.24, 2.45) is 0 Å². The molecule has 166 valence electrons. The van der Waals surface area contributed by atoms with Gasteiger partial charge in [-0.25, -0.2) is 9.78 Å². The first-order valence-corrected chi connectivity index (χ1v) is 14.4. The highest BCUT2D eigenvalue weighted by Crippen LogP contribution is 2.32. The number of benzene rings is 1. The number of ether oxygens (including phenoxy) is 2. The number of nitrogens with zero attached hydrogens (tertiary/aromatic N) is 2. The standard InChI is InChI=1S/C24H33N3O3Si/c1-24(2,3)30-23(28)26-20-12-13-25-22-19(20)16-21(18-10-8-7-9-11-18)27(22)17-29-14-15-31(4,5)6/h7-13,16H,14-15,17H2,1-6H3,(H,25,26,28). The lowest BCUT2D eigenvalue weighted by Gasteiger charge is -2.19. The second-order valence-electron chi connectivity index (χ2n) is 9.89. The molecule has 0 saturated heterocycles. The van der Waals surface area contributed by atoms with Crippen LogP contribution in [-0.2, 0) is 16.2 Å². The molecule has 7 heteroatoms. The number of fused-ring (bicyclic) bond motifs is 1. The summed E-state index contributed by atoms with van der Waals surface area (Å²) in [5.41, 5.74) is 2.92. The van der Waals surface area contributed by atoms with Gasteiger partial charge in [-0.3, -0.25) is 5.32 Å². The minimum atomic E-state index is -1.17. The van der Waals surface area contributed by atoms with Gasteiger partial charge in [0.1, 0.15) is 18.0 Å². The highest BCUT2D eigenvalue weighted by molar-refractivity contribution is 6.76. The molecule has 2 heterocycles. The van der Waals surface area contributed by atoms with Gasteiger partial charge in [-0.1, -0.05) is 50.0 Å². The van der Waals surface area contributed by atoms with E-state index in [1.807, 2.05) is 45.0 Å². The third kappa shape index (κ3) is 6.42. The Balaban J connectivity index is 1.95. The third-order valence-corrected chi connectivity index (χ3v) is 6.42. The van der Waals surface area contributed by atoms with Crippen LogP contribution >= 0.6 is 0 Å². The van der Waals surface area contributed by atoms with Crippen LogP contribution in [0, 0.1) is 0 Å². The van der Waals surface area contributed by atoms with Crippen molar-refractivity contribution in [1.29, 1.82) is 0 Å². The van der Waals surface area contributed by atoms with E-state index in [2.05, 4.69) is 46.6 Å². The van der Waals surface area contributed by atoms with E-state index in [0.717, 1.165) is 34.9 Å². The van der Waals surface area contributed by atoms with E-state index >= 15 is 0 Å². The largest absolute Gasteiger partial charge is 0.444 e. The van der Waals surface area contributed by atoms with E-state index in [0.29, 0.717) is 12.4 Å². The fraction of sp³-hybridized carbons (Fsp3) is 0.417. The van der Waals surface area contributed by atoms with Crippen LogP contribution in [-0.4, -0.2) is 35.9 Å². The molecule has 0 spiro atoms. The predicted octanol–water partition coefficient (Wildman–Crippen LogP) is 6.36. The average Bonchev–Trinajstić information content (AvgIpc) is 3.03. The summed E-state index contributed by atoms with van der Waals surface area (Å²) in [5, 5.41) is 3.72. The summed E-state index contributed by atoms with van der Waals surface area (Å²) < 4.78 is 13.5. The zero-order valence-corrected chi connectivity index (χ0v) is 20.4. The monoisotopic (exact) mass is 439 g/mol. The molecule has 0 aliphatic carbocycles. The number of amides is 1. The second kappa shape index (κ2) is 9.24.